The Morgan fingerprint density at radius 1 is 1.35 bits per heavy atom. The van der Waals surface area contributed by atoms with E-state index in [0.29, 0.717) is 16.3 Å². The predicted molar refractivity (Wildman–Crippen MR) is 86.2 cm³/mol. The molecule has 0 aliphatic rings. The predicted octanol–water partition coefficient (Wildman–Crippen LogP) is 2.06. The minimum atomic E-state index is -0.793. The van der Waals surface area contributed by atoms with Crippen molar-refractivity contribution in [2.24, 2.45) is 5.41 Å². The van der Waals surface area contributed by atoms with Crippen LogP contribution in [0.25, 0.3) is 11.3 Å². The molecule has 6 nitrogen and oxygen atoms in total. The van der Waals surface area contributed by atoms with E-state index in [-0.39, 0.29) is 31.4 Å². The molecule has 1 aromatic heterocycles. The normalized spacial score (nSPS) is 11.5. The van der Waals surface area contributed by atoms with E-state index in [4.69, 9.17) is 16.0 Å². The van der Waals surface area contributed by atoms with Crippen LogP contribution in [0.1, 0.15) is 17.4 Å². The molecule has 0 fully saturated rings. The lowest BCUT2D eigenvalue weighted by Crippen LogP contribution is -2.41. The maximum Gasteiger partial charge on any atom is 0.276 e. The first-order chi connectivity index (χ1) is 10.9. The molecule has 0 unspecified atom stereocenters. The Morgan fingerprint density at radius 3 is 2.61 bits per heavy atom. The van der Waals surface area contributed by atoms with Crippen LogP contribution in [0.4, 0.5) is 0 Å². The summed E-state index contributed by atoms with van der Waals surface area (Å²) in [6.45, 7) is 1.39. The summed E-state index contributed by atoms with van der Waals surface area (Å²) in [5, 5.41) is 19.2. The van der Waals surface area contributed by atoms with Gasteiger partial charge in [-0.1, -0.05) is 30.7 Å². The van der Waals surface area contributed by atoms with Gasteiger partial charge in [-0.2, -0.15) is 0 Å². The van der Waals surface area contributed by atoms with Crippen molar-refractivity contribution in [3.05, 3.63) is 41.4 Å². The average Bonchev–Trinajstić information content (AvgIpc) is 3.03. The number of halogens is 1. The summed E-state index contributed by atoms with van der Waals surface area (Å²) in [4.78, 5) is 18.0. The molecule has 0 atom stereocenters. The number of benzene rings is 1. The summed E-state index contributed by atoms with van der Waals surface area (Å²) in [6.07, 6.45) is 1.19. The van der Waals surface area contributed by atoms with Crippen molar-refractivity contribution >= 4 is 17.5 Å². The molecule has 1 aromatic carbocycles. The van der Waals surface area contributed by atoms with Crippen molar-refractivity contribution in [2.45, 2.75) is 6.92 Å². The number of hydrogen-bond acceptors (Lipinski definition) is 5. The van der Waals surface area contributed by atoms with Gasteiger partial charge in [0, 0.05) is 24.6 Å². The lowest BCUT2D eigenvalue weighted by atomic mass is 9.92. The van der Waals surface area contributed by atoms with E-state index < -0.39 is 5.41 Å². The molecule has 0 radical (unpaired) electrons. The van der Waals surface area contributed by atoms with Crippen molar-refractivity contribution in [1.29, 1.82) is 0 Å². The van der Waals surface area contributed by atoms with E-state index in [0.717, 1.165) is 0 Å². The molecule has 23 heavy (non-hydrogen) atoms. The molecule has 7 heteroatoms. The average molecular weight is 339 g/mol. The second kappa shape index (κ2) is 7.12. The van der Waals surface area contributed by atoms with E-state index in [1.165, 1.54) is 11.3 Å². The van der Waals surface area contributed by atoms with E-state index in [9.17, 15) is 15.0 Å². The molecule has 0 bridgehead atoms. The molecule has 0 saturated carbocycles. The lowest BCUT2D eigenvalue weighted by Gasteiger charge is -2.30. The zero-order valence-electron chi connectivity index (χ0n) is 13.0. The van der Waals surface area contributed by atoms with Gasteiger partial charge in [-0.3, -0.25) is 4.79 Å². The summed E-state index contributed by atoms with van der Waals surface area (Å²) < 4.78 is 5.34. The molecule has 0 aliphatic heterocycles. The van der Waals surface area contributed by atoms with Crippen LogP contribution in [0.3, 0.4) is 0 Å². The maximum atomic E-state index is 12.6. The smallest absolute Gasteiger partial charge is 0.276 e. The second-order valence-electron chi connectivity index (χ2n) is 5.80. The topological polar surface area (TPSA) is 86.8 Å². The number of aliphatic hydroxyl groups excluding tert-OH is 2. The monoisotopic (exact) mass is 338 g/mol. The second-order valence-corrected chi connectivity index (χ2v) is 6.21. The fourth-order valence-electron chi connectivity index (χ4n) is 2.21. The van der Waals surface area contributed by atoms with E-state index in [2.05, 4.69) is 4.98 Å². The Labute approximate surface area is 139 Å². The Balaban J connectivity index is 2.28. The Bertz CT molecular complexity index is 682. The first kappa shape index (κ1) is 17.5. The van der Waals surface area contributed by atoms with Gasteiger partial charge in [-0.05, 0) is 12.1 Å². The number of rotatable bonds is 6. The van der Waals surface area contributed by atoms with Crippen LogP contribution in [-0.2, 0) is 0 Å². The fraction of sp³-hybridized carbons (Fsp3) is 0.375. The van der Waals surface area contributed by atoms with Gasteiger partial charge < -0.3 is 19.5 Å². The SMILES string of the molecule is CN(CC(C)(CO)CO)C(=O)c1ncoc1-c1ccccc1Cl. The lowest BCUT2D eigenvalue weighted by molar-refractivity contribution is 0.0364. The highest BCUT2D eigenvalue weighted by Crippen LogP contribution is 2.30. The molecular weight excluding hydrogens is 320 g/mol. The number of carbonyl (C=O) groups is 1. The van der Waals surface area contributed by atoms with Crippen molar-refractivity contribution in [3.63, 3.8) is 0 Å². The number of nitrogens with zero attached hydrogens (tertiary/aromatic N) is 2. The number of aromatic nitrogens is 1. The summed E-state index contributed by atoms with van der Waals surface area (Å²) in [7, 11) is 1.58. The molecular formula is C16H19ClN2O4. The van der Waals surface area contributed by atoms with Gasteiger partial charge in [0.25, 0.3) is 5.91 Å². The molecule has 124 valence electrons. The van der Waals surface area contributed by atoms with Crippen molar-refractivity contribution in [3.8, 4) is 11.3 Å². The third-order valence-electron chi connectivity index (χ3n) is 3.62. The Morgan fingerprint density at radius 2 is 2.00 bits per heavy atom. The highest BCUT2D eigenvalue weighted by atomic mass is 35.5. The van der Waals surface area contributed by atoms with E-state index in [1.54, 1.807) is 38.2 Å². The van der Waals surface area contributed by atoms with Crippen LogP contribution in [-0.4, -0.2) is 52.8 Å². The van der Waals surface area contributed by atoms with E-state index in [1.807, 2.05) is 0 Å². The molecule has 2 N–H and O–H groups in total. The van der Waals surface area contributed by atoms with Gasteiger partial charge in [-0.15, -0.1) is 0 Å². The first-order valence-electron chi connectivity index (χ1n) is 7.07. The minimum Gasteiger partial charge on any atom is -0.443 e. The van der Waals surface area contributed by atoms with Gasteiger partial charge in [0.2, 0.25) is 0 Å². The number of oxazole rings is 1. The highest BCUT2D eigenvalue weighted by Gasteiger charge is 2.29. The Hall–Kier alpha value is -1.89. The number of hydrogen-bond donors (Lipinski definition) is 2. The molecule has 0 aliphatic carbocycles. The molecule has 0 spiro atoms. The zero-order chi connectivity index (χ0) is 17.0. The van der Waals surface area contributed by atoms with Crippen LogP contribution >= 0.6 is 11.6 Å². The third-order valence-corrected chi connectivity index (χ3v) is 3.95. The highest BCUT2D eigenvalue weighted by molar-refractivity contribution is 6.33. The largest absolute Gasteiger partial charge is 0.443 e. The van der Waals surface area contributed by atoms with Gasteiger partial charge in [0.1, 0.15) is 0 Å². The van der Waals surface area contributed by atoms with E-state index >= 15 is 0 Å². The summed E-state index contributed by atoms with van der Waals surface area (Å²) >= 11 is 6.14. The number of aliphatic hydroxyl groups is 2. The van der Waals surface area contributed by atoms with Crippen molar-refractivity contribution in [2.75, 3.05) is 26.8 Å². The summed E-state index contributed by atoms with van der Waals surface area (Å²) in [6, 6.07) is 7.01. The fourth-order valence-corrected chi connectivity index (χ4v) is 2.43. The minimum absolute atomic E-state index is 0.138. The van der Waals surface area contributed by atoms with Crippen LogP contribution in [0.15, 0.2) is 35.1 Å². The third kappa shape index (κ3) is 3.72. The van der Waals surface area contributed by atoms with Crippen LogP contribution in [0.2, 0.25) is 5.02 Å². The molecule has 1 amide bonds. The van der Waals surface area contributed by atoms with Crippen molar-refractivity contribution in [1.82, 2.24) is 9.88 Å². The summed E-state index contributed by atoms with van der Waals surface area (Å²) in [5.74, 6) is -0.0797. The number of carbonyl (C=O) groups excluding carboxylic acids is 1. The Kier molecular flexibility index (Phi) is 5.41. The van der Waals surface area contributed by atoms with Crippen LogP contribution in [0.5, 0.6) is 0 Å². The molecule has 0 saturated heterocycles. The van der Waals surface area contributed by atoms with Crippen LogP contribution < -0.4 is 0 Å². The van der Waals surface area contributed by atoms with Crippen LogP contribution in [0, 0.1) is 5.41 Å². The molecule has 2 aromatic rings. The zero-order valence-corrected chi connectivity index (χ0v) is 13.7. The first-order valence-corrected chi connectivity index (χ1v) is 7.45. The van der Waals surface area contributed by atoms with Gasteiger partial charge >= 0.3 is 0 Å². The quantitative estimate of drug-likeness (QED) is 0.842. The number of amides is 1. The molecule has 2 rings (SSSR count). The van der Waals surface area contributed by atoms with Crippen molar-refractivity contribution < 1.29 is 19.4 Å². The van der Waals surface area contributed by atoms with Gasteiger partial charge in [0.05, 0.1) is 18.2 Å². The van der Waals surface area contributed by atoms with Gasteiger partial charge in [-0.25, -0.2) is 4.98 Å². The molecule has 1 heterocycles. The summed E-state index contributed by atoms with van der Waals surface area (Å²) in [5.41, 5.74) is -0.0760. The van der Waals surface area contributed by atoms with Gasteiger partial charge in [0.15, 0.2) is 17.8 Å². The maximum absolute atomic E-state index is 12.6. The standard InChI is InChI=1S/C16H19ClN2O4/c1-16(8-20,9-21)7-19(2)15(22)13-14(23-10-18-13)11-5-3-4-6-12(11)17/h3-6,10,20-21H,7-9H2,1-2H3.